The minimum absolute atomic E-state index is 0.101. The molecule has 0 radical (unpaired) electrons. The van der Waals surface area contributed by atoms with Gasteiger partial charge in [0.25, 0.3) is 10.1 Å². The van der Waals surface area contributed by atoms with Crippen molar-refractivity contribution in [2.24, 2.45) is 0 Å². The molecule has 0 aliphatic carbocycles. The van der Waals surface area contributed by atoms with E-state index < -0.39 is 71.2 Å². The fraction of sp³-hybridized carbons (Fsp3) is 0.837. The topological polar surface area (TPSA) is 186 Å². The smallest absolute Gasteiger partial charge is 0.306 e. The van der Waals surface area contributed by atoms with Crippen molar-refractivity contribution >= 4 is 22.1 Å². The van der Waals surface area contributed by atoms with Crippen LogP contribution in [0, 0.1) is 0 Å². The first-order valence-electron chi connectivity index (χ1n) is 24.5. The third-order valence-electron chi connectivity index (χ3n) is 11.2. The third-order valence-corrected chi connectivity index (χ3v) is 11.9. The molecule has 1 heterocycles. The van der Waals surface area contributed by atoms with Gasteiger partial charge in [0.15, 0.2) is 12.4 Å². The molecule has 62 heavy (non-hydrogen) atoms. The van der Waals surface area contributed by atoms with Gasteiger partial charge in [-0.1, -0.05) is 166 Å². The number of esters is 2. The maximum atomic E-state index is 12.8. The largest absolute Gasteiger partial charge is 0.462 e. The fourth-order valence-corrected chi connectivity index (χ4v) is 8.05. The zero-order valence-electron chi connectivity index (χ0n) is 38.7. The van der Waals surface area contributed by atoms with Crippen LogP contribution in [0.4, 0.5) is 0 Å². The van der Waals surface area contributed by atoms with Crippen molar-refractivity contribution in [3.63, 3.8) is 0 Å². The number of allylic oxidation sites excluding steroid dienone is 6. The molecule has 0 amide bonds. The lowest BCUT2D eigenvalue weighted by atomic mass is 10.00. The monoisotopic (exact) mass is 901 g/mol. The van der Waals surface area contributed by atoms with Crippen molar-refractivity contribution in [2.75, 3.05) is 19.0 Å². The lowest BCUT2D eigenvalue weighted by Crippen LogP contribution is -2.60. The number of unbranched alkanes of at least 4 members (excludes halogenated alkanes) is 23. The number of carbonyl (C=O) groups is 2. The summed E-state index contributed by atoms with van der Waals surface area (Å²) < 4.78 is 54.1. The van der Waals surface area contributed by atoms with E-state index >= 15 is 0 Å². The summed E-state index contributed by atoms with van der Waals surface area (Å²) >= 11 is 0. The number of carbonyl (C=O) groups excluding carboxylic acids is 2. The summed E-state index contributed by atoms with van der Waals surface area (Å²) in [6.45, 7) is 3.73. The minimum atomic E-state index is -4.61. The molecule has 1 fully saturated rings. The van der Waals surface area contributed by atoms with Crippen molar-refractivity contribution < 1.29 is 56.8 Å². The molecule has 12 nitrogen and oxygen atoms in total. The Bertz CT molecular complexity index is 1290. The molecule has 2 unspecified atom stereocenters. The summed E-state index contributed by atoms with van der Waals surface area (Å²) in [5, 5.41) is 30.9. The number of hydrogen-bond acceptors (Lipinski definition) is 11. The predicted octanol–water partition coefficient (Wildman–Crippen LogP) is 10.6. The van der Waals surface area contributed by atoms with Gasteiger partial charge in [0, 0.05) is 12.8 Å². The molecule has 13 heteroatoms. The van der Waals surface area contributed by atoms with Crippen LogP contribution in [0.5, 0.6) is 0 Å². The van der Waals surface area contributed by atoms with Crippen molar-refractivity contribution in [1.82, 2.24) is 0 Å². The molecule has 0 aromatic carbocycles. The first kappa shape index (κ1) is 57.9. The third kappa shape index (κ3) is 33.4. The van der Waals surface area contributed by atoms with Gasteiger partial charge < -0.3 is 34.3 Å². The van der Waals surface area contributed by atoms with Gasteiger partial charge in [-0.25, -0.2) is 0 Å². The molecule has 0 aromatic rings. The van der Waals surface area contributed by atoms with E-state index in [2.05, 4.69) is 44.2 Å². The second-order valence-electron chi connectivity index (χ2n) is 17.1. The Balaban J connectivity index is 2.43. The highest BCUT2D eigenvalue weighted by Crippen LogP contribution is 2.24. The van der Waals surface area contributed by atoms with Gasteiger partial charge in [0.1, 0.15) is 36.8 Å². The Hall–Kier alpha value is -2.13. The molecule has 0 spiro atoms. The van der Waals surface area contributed by atoms with Crippen LogP contribution in [0.2, 0.25) is 0 Å². The summed E-state index contributed by atoms with van der Waals surface area (Å²) in [6, 6.07) is 0. The van der Waals surface area contributed by atoms with Gasteiger partial charge in [-0.3, -0.25) is 14.1 Å². The number of rotatable bonds is 41. The molecule has 6 atom stereocenters. The molecule has 1 rings (SSSR count). The van der Waals surface area contributed by atoms with Gasteiger partial charge in [-0.15, -0.1) is 0 Å². The zero-order valence-corrected chi connectivity index (χ0v) is 39.5. The Morgan fingerprint density at radius 1 is 0.548 bits per heavy atom. The Kier molecular flexibility index (Phi) is 36.6. The highest BCUT2D eigenvalue weighted by molar-refractivity contribution is 7.85. The summed E-state index contributed by atoms with van der Waals surface area (Å²) in [5.41, 5.74) is 0. The second kappa shape index (κ2) is 39.3. The fourth-order valence-electron chi connectivity index (χ4n) is 7.36. The van der Waals surface area contributed by atoms with Gasteiger partial charge in [0.2, 0.25) is 0 Å². The normalized spacial score (nSPS) is 20.1. The second-order valence-corrected chi connectivity index (χ2v) is 18.6. The molecule has 362 valence electrons. The van der Waals surface area contributed by atoms with Crippen LogP contribution in [0.3, 0.4) is 0 Å². The standard InChI is InChI=1S/C49H88O12S/c1-3-5-7-9-11-13-15-17-19-21-23-25-27-29-31-33-35-37-44(50)58-39-42(40-59-49-48(54)47(53)46(52)43(61-49)41-62(55,56)57)60-45(51)38-36-34-32-30-28-26-24-22-20-18-16-14-12-10-8-6-4-2/h13,15,24,26,30,32,42-43,46-49,52-54H,3-12,14,16-23,25,27-29,31,33-41H2,1-2H3,(H,55,56,57)/b15-13+,26-24+,32-30+/t42-,43-,46-,47?,48?,49+/m1/s1. The van der Waals surface area contributed by atoms with Gasteiger partial charge in [0.05, 0.1) is 6.61 Å². The van der Waals surface area contributed by atoms with Gasteiger partial charge in [-0.2, -0.15) is 8.42 Å². The van der Waals surface area contributed by atoms with E-state index in [0.717, 1.165) is 32.1 Å². The summed E-state index contributed by atoms with van der Waals surface area (Å²) in [6.07, 6.45) is 36.2. The molecule has 4 N–H and O–H groups in total. The molecule has 0 aromatic heterocycles. The van der Waals surface area contributed by atoms with E-state index in [-0.39, 0.29) is 19.4 Å². The van der Waals surface area contributed by atoms with E-state index in [1.807, 2.05) is 6.08 Å². The van der Waals surface area contributed by atoms with Crippen molar-refractivity contribution in [1.29, 1.82) is 0 Å². The zero-order chi connectivity index (χ0) is 45.5. The highest BCUT2D eigenvalue weighted by atomic mass is 32.2. The first-order chi connectivity index (χ1) is 30.0. The average Bonchev–Trinajstić information content (AvgIpc) is 3.24. The molecule has 1 aliphatic rings. The molecule has 0 saturated carbocycles. The number of aliphatic hydroxyl groups excluding tert-OH is 3. The lowest BCUT2D eigenvalue weighted by Gasteiger charge is -2.40. The number of aliphatic hydroxyl groups is 3. The maximum absolute atomic E-state index is 12.8. The van der Waals surface area contributed by atoms with E-state index in [1.165, 1.54) is 128 Å². The Morgan fingerprint density at radius 3 is 1.50 bits per heavy atom. The first-order valence-corrected chi connectivity index (χ1v) is 26.2. The van der Waals surface area contributed by atoms with Crippen molar-refractivity contribution in [3.8, 4) is 0 Å². The van der Waals surface area contributed by atoms with Crippen LogP contribution in [-0.4, -0.2) is 96.0 Å². The van der Waals surface area contributed by atoms with Crippen LogP contribution < -0.4 is 0 Å². The van der Waals surface area contributed by atoms with Crippen LogP contribution in [0.1, 0.15) is 206 Å². The van der Waals surface area contributed by atoms with Crippen LogP contribution in [0.25, 0.3) is 0 Å². The molecular weight excluding hydrogens is 813 g/mol. The van der Waals surface area contributed by atoms with Crippen molar-refractivity contribution in [3.05, 3.63) is 36.5 Å². The van der Waals surface area contributed by atoms with Crippen LogP contribution in [0.15, 0.2) is 36.5 Å². The quantitative estimate of drug-likeness (QED) is 0.0197. The SMILES string of the molecule is CCCCCC/C=C/CCCCCCCCCCCC(=O)OC[C@H](CO[C@H]1O[C@H](CS(=O)(=O)O)[C@@H](O)C(O)C1O)OC(=O)CCC/C=C/C/C=C/CCCCCCCCCCC. The molecule has 1 saturated heterocycles. The van der Waals surface area contributed by atoms with E-state index in [9.17, 15) is 37.9 Å². The maximum Gasteiger partial charge on any atom is 0.306 e. The molecule has 1 aliphatic heterocycles. The molecular formula is C49H88O12S. The lowest BCUT2D eigenvalue weighted by molar-refractivity contribution is -0.297. The summed E-state index contributed by atoms with van der Waals surface area (Å²) in [7, 11) is -4.61. The van der Waals surface area contributed by atoms with Crippen molar-refractivity contribution in [2.45, 2.75) is 243 Å². The Morgan fingerprint density at radius 2 is 0.984 bits per heavy atom. The average molecular weight is 901 g/mol. The number of ether oxygens (including phenoxy) is 4. The summed E-state index contributed by atoms with van der Waals surface area (Å²) in [5.74, 6) is -2.04. The van der Waals surface area contributed by atoms with E-state index in [4.69, 9.17) is 18.9 Å². The Labute approximate surface area is 376 Å². The van der Waals surface area contributed by atoms with Gasteiger partial charge in [-0.05, 0) is 64.2 Å². The van der Waals surface area contributed by atoms with E-state index in [0.29, 0.717) is 19.3 Å². The van der Waals surface area contributed by atoms with Crippen LogP contribution in [-0.2, 0) is 38.7 Å². The predicted molar refractivity (Wildman–Crippen MR) is 247 cm³/mol. The number of hydrogen-bond donors (Lipinski definition) is 4. The van der Waals surface area contributed by atoms with Gasteiger partial charge >= 0.3 is 11.9 Å². The van der Waals surface area contributed by atoms with Crippen LogP contribution >= 0.6 is 0 Å². The summed E-state index contributed by atoms with van der Waals surface area (Å²) in [4.78, 5) is 25.4. The molecule has 0 bridgehead atoms. The minimum Gasteiger partial charge on any atom is -0.462 e. The highest BCUT2D eigenvalue weighted by Gasteiger charge is 2.46. The van der Waals surface area contributed by atoms with E-state index in [1.54, 1.807) is 0 Å².